The highest BCUT2D eigenvalue weighted by atomic mass is 19.4. The van der Waals surface area contributed by atoms with E-state index in [0.717, 1.165) is 31.5 Å². The van der Waals surface area contributed by atoms with Gasteiger partial charge in [0.1, 0.15) is 11.9 Å². The number of likely N-dealkylation sites (tertiary alicyclic amines) is 1. The Morgan fingerprint density at radius 2 is 2.07 bits per heavy atom. The third kappa shape index (κ3) is 6.21. The second-order valence-corrected chi connectivity index (χ2v) is 7.39. The standard InChI is InChI=1S/C19H26F3N3O5/c1-28-10-13-3-2-8-25(13)9-16-17(26)15(11-29-16)24-18(27)23-12-4-6-14(7-5-12)30-19(20,21)22/h4-7,13,15-17,26H,2-3,8-11H2,1H3,(H2,23,24,27)/t13-,15+,16+,17-/m1/s1. The molecule has 1 aromatic carbocycles. The van der Waals surface area contributed by atoms with Gasteiger partial charge in [0, 0.05) is 25.4 Å². The highest BCUT2D eigenvalue weighted by Gasteiger charge is 2.39. The average molecular weight is 433 g/mol. The first-order valence-electron chi connectivity index (χ1n) is 9.71. The normalized spacial score (nSPS) is 27.2. The molecule has 4 atom stereocenters. The molecule has 2 saturated heterocycles. The number of carbonyl (C=O) groups is 1. The predicted molar refractivity (Wildman–Crippen MR) is 101 cm³/mol. The molecule has 2 amide bonds. The van der Waals surface area contributed by atoms with E-state index < -0.39 is 30.6 Å². The summed E-state index contributed by atoms with van der Waals surface area (Å²) in [4.78, 5) is 14.4. The molecule has 3 rings (SSSR count). The highest BCUT2D eigenvalue weighted by Crippen LogP contribution is 2.25. The first kappa shape index (κ1) is 22.6. The van der Waals surface area contributed by atoms with Crippen LogP contribution in [0.15, 0.2) is 24.3 Å². The van der Waals surface area contributed by atoms with Crippen molar-refractivity contribution in [3.8, 4) is 5.75 Å². The fourth-order valence-electron chi connectivity index (χ4n) is 3.79. The maximum Gasteiger partial charge on any atom is 0.573 e. The number of alkyl halides is 3. The number of hydrogen-bond donors (Lipinski definition) is 3. The van der Waals surface area contributed by atoms with E-state index in [4.69, 9.17) is 9.47 Å². The van der Waals surface area contributed by atoms with E-state index in [0.29, 0.717) is 19.2 Å². The van der Waals surface area contributed by atoms with Crippen molar-refractivity contribution in [3.63, 3.8) is 0 Å². The third-order valence-corrected chi connectivity index (χ3v) is 5.22. The number of anilines is 1. The van der Waals surface area contributed by atoms with Crippen molar-refractivity contribution in [3.05, 3.63) is 24.3 Å². The van der Waals surface area contributed by atoms with Gasteiger partial charge in [0.05, 0.1) is 25.4 Å². The second kappa shape index (κ2) is 9.82. The van der Waals surface area contributed by atoms with E-state index in [1.165, 1.54) is 12.1 Å². The molecule has 30 heavy (non-hydrogen) atoms. The van der Waals surface area contributed by atoms with Crippen molar-refractivity contribution < 1.29 is 37.3 Å². The lowest BCUT2D eigenvalue weighted by Crippen LogP contribution is -2.48. The molecule has 168 valence electrons. The van der Waals surface area contributed by atoms with Gasteiger partial charge in [0.25, 0.3) is 0 Å². The molecule has 8 nitrogen and oxygen atoms in total. The predicted octanol–water partition coefficient (Wildman–Crippen LogP) is 1.95. The first-order valence-corrected chi connectivity index (χ1v) is 9.71. The molecule has 0 spiro atoms. The summed E-state index contributed by atoms with van der Waals surface area (Å²) in [5.74, 6) is -0.385. The van der Waals surface area contributed by atoms with Crippen LogP contribution in [-0.4, -0.2) is 80.1 Å². The number of aliphatic hydroxyl groups excluding tert-OH is 1. The molecule has 2 heterocycles. The number of halogens is 3. The molecular weight excluding hydrogens is 407 g/mol. The maximum absolute atomic E-state index is 12.2. The third-order valence-electron chi connectivity index (χ3n) is 5.22. The molecule has 2 aliphatic heterocycles. The van der Waals surface area contributed by atoms with E-state index in [1.54, 1.807) is 7.11 Å². The molecule has 1 aromatic rings. The Morgan fingerprint density at radius 1 is 1.33 bits per heavy atom. The number of nitrogens with zero attached hydrogens (tertiary/aromatic N) is 1. The van der Waals surface area contributed by atoms with Crippen LogP contribution >= 0.6 is 0 Å². The van der Waals surface area contributed by atoms with E-state index in [1.807, 2.05) is 0 Å². The fraction of sp³-hybridized carbons (Fsp3) is 0.632. The van der Waals surface area contributed by atoms with Gasteiger partial charge >= 0.3 is 12.4 Å². The van der Waals surface area contributed by atoms with Gasteiger partial charge in [-0.2, -0.15) is 0 Å². The van der Waals surface area contributed by atoms with Gasteiger partial charge in [-0.05, 0) is 43.7 Å². The minimum atomic E-state index is -4.78. The summed E-state index contributed by atoms with van der Waals surface area (Å²) in [6.07, 6.45) is -3.98. The molecule has 0 saturated carbocycles. The largest absolute Gasteiger partial charge is 0.573 e. The minimum Gasteiger partial charge on any atom is -0.406 e. The summed E-state index contributed by atoms with van der Waals surface area (Å²) in [6, 6.07) is 3.88. The number of rotatable bonds is 7. The highest BCUT2D eigenvalue weighted by molar-refractivity contribution is 5.89. The molecule has 0 bridgehead atoms. The van der Waals surface area contributed by atoms with Crippen LogP contribution in [0.5, 0.6) is 5.75 Å². The lowest BCUT2D eigenvalue weighted by Gasteiger charge is -2.28. The molecule has 3 N–H and O–H groups in total. The van der Waals surface area contributed by atoms with Crippen LogP contribution in [0.4, 0.5) is 23.7 Å². The number of aliphatic hydroxyl groups is 1. The van der Waals surface area contributed by atoms with Crippen molar-refractivity contribution in [2.45, 2.75) is 43.5 Å². The average Bonchev–Trinajstić information content (AvgIpc) is 3.24. The topological polar surface area (TPSA) is 92.3 Å². The van der Waals surface area contributed by atoms with Crippen LogP contribution in [0.3, 0.4) is 0 Å². The van der Waals surface area contributed by atoms with Crippen LogP contribution < -0.4 is 15.4 Å². The van der Waals surface area contributed by atoms with Gasteiger partial charge < -0.3 is 30.0 Å². The van der Waals surface area contributed by atoms with Crippen molar-refractivity contribution in [1.29, 1.82) is 0 Å². The number of methoxy groups -OCH3 is 1. The maximum atomic E-state index is 12.2. The summed E-state index contributed by atoms with van der Waals surface area (Å²) in [6.45, 7) is 2.25. The van der Waals surface area contributed by atoms with Crippen molar-refractivity contribution in [2.75, 3.05) is 38.7 Å². The smallest absolute Gasteiger partial charge is 0.406 e. The van der Waals surface area contributed by atoms with Crippen molar-refractivity contribution >= 4 is 11.7 Å². The lowest BCUT2D eigenvalue weighted by atomic mass is 10.1. The Balaban J connectivity index is 1.46. The molecule has 11 heteroatoms. The van der Waals surface area contributed by atoms with Crippen molar-refractivity contribution in [2.24, 2.45) is 0 Å². The van der Waals surface area contributed by atoms with Gasteiger partial charge in [-0.15, -0.1) is 13.2 Å². The molecule has 0 aromatic heterocycles. The molecule has 2 aliphatic rings. The first-order chi connectivity index (χ1) is 14.2. The minimum absolute atomic E-state index is 0.167. The Hall–Kier alpha value is -2.08. The van der Waals surface area contributed by atoms with Crippen LogP contribution in [0.25, 0.3) is 0 Å². The van der Waals surface area contributed by atoms with Gasteiger partial charge in [0.15, 0.2) is 0 Å². The summed E-state index contributed by atoms with van der Waals surface area (Å²) in [5, 5.41) is 15.7. The Labute approximate surface area is 172 Å². The van der Waals surface area contributed by atoms with Crippen LogP contribution in [0.2, 0.25) is 0 Å². The number of carbonyl (C=O) groups excluding carboxylic acids is 1. The summed E-state index contributed by atoms with van der Waals surface area (Å²) >= 11 is 0. The van der Waals surface area contributed by atoms with Crippen LogP contribution in [0.1, 0.15) is 12.8 Å². The number of amides is 2. The lowest BCUT2D eigenvalue weighted by molar-refractivity contribution is -0.274. The van der Waals surface area contributed by atoms with E-state index in [2.05, 4.69) is 20.3 Å². The Morgan fingerprint density at radius 3 is 2.73 bits per heavy atom. The number of benzene rings is 1. The van der Waals surface area contributed by atoms with E-state index >= 15 is 0 Å². The SMILES string of the molecule is COC[C@H]1CCCN1C[C@@H]1OC[C@H](NC(=O)Nc2ccc(OC(F)(F)F)cc2)[C@H]1O. The second-order valence-electron chi connectivity index (χ2n) is 7.39. The monoisotopic (exact) mass is 433 g/mol. The summed E-state index contributed by atoms with van der Waals surface area (Å²) in [7, 11) is 1.66. The number of hydrogen-bond acceptors (Lipinski definition) is 6. The molecule has 0 aliphatic carbocycles. The number of urea groups is 1. The van der Waals surface area contributed by atoms with Gasteiger partial charge in [-0.25, -0.2) is 4.79 Å². The zero-order valence-corrected chi connectivity index (χ0v) is 16.5. The fourth-order valence-corrected chi connectivity index (χ4v) is 3.79. The van der Waals surface area contributed by atoms with Crippen molar-refractivity contribution in [1.82, 2.24) is 10.2 Å². The van der Waals surface area contributed by atoms with E-state index in [9.17, 15) is 23.1 Å². The summed E-state index contributed by atoms with van der Waals surface area (Å²) < 4.78 is 51.3. The molecule has 2 fully saturated rings. The Kier molecular flexibility index (Phi) is 7.40. The zero-order valence-electron chi connectivity index (χ0n) is 16.5. The number of nitrogens with one attached hydrogen (secondary N) is 2. The zero-order chi connectivity index (χ0) is 21.7. The number of ether oxygens (including phenoxy) is 3. The van der Waals surface area contributed by atoms with Crippen LogP contribution in [-0.2, 0) is 9.47 Å². The van der Waals surface area contributed by atoms with Crippen LogP contribution in [0, 0.1) is 0 Å². The molecular formula is C19H26F3N3O5. The van der Waals surface area contributed by atoms with Gasteiger partial charge in [0.2, 0.25) is 0 Å². The Bertz CT molecular complexity index is 704. The summed E-state index contributed by atoms with van der Waals surface area (Å²) in [5.41, 5.74) is 0.284. The molecule has 0 radical (unpaired) electrons. The molecule has 0 unspecified atom stereocenters. The van der Waals surface area contributed by atoms with Gasteiger partial charge in [-0.3, -0.25) is 4.90 Å². The quantitative estimate of drug-likeness (QED) is 0.609. The van der Waals surface area contributed by atoms with Gasteiger partial charge in [-0.1, -0.05) is 0 Å². The van der Waals surface area contributed by atoms with E-state index in [-0.39, 0.29) is 18.0 Å².